The van der Waals surface area contributed by atoms with Crippen LogP contribution in [0.15, 0.2) is 66.7 Å². The minimum Gasteiger partial charge on any atom is -0.507 e. The number of hydrogen-bond donors (Lipinski definition) is 3. The first kappa shape index (κ1) is 20.5. The summed E-state index contributed by atoms with van der Waals surface area (Å²) < 4.78 is 44.9. The van der Waals surface area contributed by atoms with E-state index in [1.807, 2.05) is 0 Å². The Morgan fingerprint density at radius 2 is 1.61 bits per heavy atom. The predicted molar refractivity (Wildman–Crippen MR) is 108 cm³/mol. The number of nitrogens with zero attached hydrogens (tertiary/aromatic N) is 1. The highest BCUT2D eigenvalue weighted by Gasteiger charge is 2.40. The lowest BCUT2D eigenvalue weighted by Crippen LogP contribution is -2.23. The average Bonchev–Trinajstić information content (AvgIpc) is 3.12. The Kier molecular flexibility index (Phi) is 4.94. The Morgan fingerprint density at radius 1 is 0.968 bits per heavy atom. The summed E-state index contributed by atoms with van der Waals surface area (Å²) in [4.78, 5) is 11.2. The molecule has 3 aromatic carbocycles. The molecule has 0 radical (unpaired) electrons. The number of phenolic OH excluding ortho intramolecular Hbond substituents is 1. The van der Waals surface area contributed by atoms with Crippen molar-refractivity contribution in [3.05, 3.63) is 83.8 Å². The monoisotopic (exact) mass is 427 g/mol. The van der Waals surface area contributed by atoms with Crippen molar-refractivity contribution in [3.63, 3.8) is 0 Å². The molecule has 8 heteroatoms. The molecule has 158 valence electrons. The van der Waals surface area contributed by atoms with E-state index in [2.05, 4.69) is 0 Å². The van der Waals surface area contributed by atoms with Crippen LogP contribution in [-0.2, 0) is 5.92 Å². The fraction of sp³-hybridized carbons (Fsp3) is 0.0870. The van der Waals surface area contributed by atoms with E-state index in [9.17, 15) is 19.4 Å². The van der Waals surface area contributed by atoms with Crippen LogP contribution in [0.25, 0.3) is 27.7 Å². The summed E-state index contributed by atoms with van der Waals surface area (Å²) in [6, 6.07) is 14.4. The Morgan fingerprint density at radius 3 is 2.19 bits per heavy atom. The summed E-state index contributed by atoms with van der Waals surface area (Å²) >= 11 is 0. The first-order chi connectivity index (χ1) is 14.7. The Bertz CT molecular complexity index is 1280. The van der Waals surface area contributed by atoms with Gasteiger partial charge in [0.25, 0.3) is 0 Å². The van der Waals surface area contributed by atoms with Crippen LogP contribution in [0.1, 0.15) is 16.1 Å². The highest BCUT2D eigenvalue weighted by Crippen LogP contribution is 2.46. The van der Waals surface area contributed by atoms with E-state index < -0.39 is 30.0 Å². The predicted octanol–water partition coefficient (Wildman–Crippen LogP) is 4.92. The minimum atomic E-state index is -3.74. The van der Waals surface area contributed by atoms with Crippen molar-refractivity contribution >= 4 is 16.9 Å². The largest absolute Gasteiger partial charge is 0.507 e. The third-order valence-electron chi connectivity index (χ3n) is 5.02. The van der Waals surface area contributed by atoms with Gasteiger partial charge in [-0.15, -0.1) is 0 Å². The van der Waals surface area contributed by atoms with E-state index in [1.165, 1.54) is 54.6 Å². The molecule has 0 bridgehead atoms. The molecule has 1 aromatic heterocycles. The lowest BCUT2D eigenvalue weighted by Gasteiger charge is -2.20. The van der Waals surface area contributed by atoms with Crippen LogP contribution >= 0.6 is 0 Å². The molecule has 0 unspecified atom stereocenters. The quantitative estimate of drug-likeness (QED) is 0.422. The zero-order valence-electron chi connectivity index (χ0n) is 15.9. The zero-order valence-corrected chi connectivity index (χ0v) is 15.9. The molecule has 0 saturated carbocycles. The van der Waals surface area contributed by atoms with Gasteiger partial charge in [0.2, 0.25) is 0 Å². The maximum atomic E-state index is 15.1. The molecule has 0 amide bonds. The third kappa shape index (κ3) is 3.40. The van der Waals surface area contributed by atoms with Gasteiger partial charge in [-0.3, -0.25) is 0 Å². The summed E-state index contributed by atoms with van der Waals surface area (Å²) in [6.45, 7) is -1.51. The molecule has 3 N–H and O–H groups in total. The normalized spacial score (nSPS) is 11.7. The maximum Gasteiger partial charge on any atom is 0.335 e. The zero-order chi connectivity index (χ0) is 22.3. The molecule has 4 aromatic rings. The fourth-order valence-electron chi connectivity index (χ4n) is 3.66. The molecule has 0 fully saturated rings. The van der Waals surface area contributed by atoms with Crippen molar-refractivity contribution in [2.45, 2.75) is 5.92 Å². The lowest BCUT2D eigenvalue weighted by atomic mass is 9.97. The summed E-state index contributed by atoms with van der Waals surface area (Å²) in [5, 5.41) is 29.3. The van der Waals surface area contributed by atoms with Gasteiger partial charge >= 0.3 is 11.9 Å². The van der Waals surface area contributed by atoms with Gasteiger partial charge < -0.3 is 19.9 Å². The van der Waals surface area contributed by atoms with Gasteiger partial charge in [0.15, 0.2) is 0 Å². The number of halogens is 3. The maximum absolute atomic E-state index is 15.1. The minimum absolute atomic E-state index is 0.0364. The van der Waals surface area contributed by atoms with Gasteiger partial charge in [-0.2, -0.15) is 8.78 Å². The second-order valence-electron chi connectivity index (χ2n) is 6.95. The highest BCUT2D eigenvalue weighted by molar-refractivity contribution is 6.03. The van der Waals surface area contributed by atoms with Gasteiger partial charge in [0.05, 0.1) is 16.5 Å². The van der Waals surface area contributed by atoms with Crippen LogP contribution < -0.4 is 0 Å². The van der Waals surface area contributed by atoms with Gasteiger partial charge in [-0.1, -0.05) is 18.2 Å². The Hall–Kier alpha value is -3.78. The average molecular weight is 427 g/mol. The molecule has 0 aliphatic heterocycles. The number of fused-ring (bicyclic) bond motifs is 1. The van der Waals surface area contributed by atoms with E-state index >= 15 is 8.78 Å². The molecule has 4 rings (SSSR count). The van der Waals surface area contributed by atoms with Crippen molar-refractivity contribution in [2.24, 2.45) is 0 Å². The molecule has 0 aliphatic carbocycles. The molecule has 0 aliphatic rings. The molecule has 5 nitrogen and oxygen atoms in total. The third-order valence-corrected chi connectivity index (χ3v) is 5.02. The van der Waals surface area contributed by atoms with Crippen LogP contribution in [0.5, 0.6) is 5.75 Å². The molecule has 0 atom stereocenters. The number of aromatic hydroxyl groups is 1. The molecule has 0 saturated heterocycles. The molecule has 31 heavy (non-hydrogen) atoms. The van der Waals surface area contributed by atoms with Crippen molar-refractivity contribution < 1.29 is 33.3 Å². The molecule has 1 heterocycles. The van der Waals surface area contributed by atoms with Crippen molar-refractivity contribution in [3.8, 4) is 22.6 Å². The summed E-state index contributed by atoms with van der Waals surface area (Å²) in [5.74, 6) is -5.74. The number of aliphatic hydroxyl groups is 1. The smallest absolute Gasteiger partial charge is 0.335 e. The number of rotatable bonds is 5. The Labute approximate surface area is 174 Å². The number of aromatic carboxylic acids is 1. The van der Waals surface area contributed by atoms with E-state index in [0.29, 0.717) is 0 Å². The van der Waals surface area contributed by atoms with Crippen LogP contribution in [0.2, 0.25) is 0 Å². The van der Waals surface area contributed by atoms with E-state index in [4.69, 9.17) is 5.11 Å². The highest BCUT2D eigenvalue weighted by atomic mass is 19.3. The number of aliphatic hydroxyl groups excluding tert-OH is 1. The molecular formula is C23H16F3NO4. The van der Waals surface area contributed by atoms with Crippen LogP contribution in [-0.4, -0.2) is 32.5 Å². The van der Waals surface area contributed by atoms with E-state index in [-0.39, 0.29) is 39.0 Å². The Balaban J connectivity index is 2.15. The number of aromatic nitrogens is 1. The van der Waals surface area contributed by atoms with E-state index in [0.717, 1.165) is 16.7 Å². The topological polar surface area (TPSA) is 82.7 Å². The van der Waals surface area contributed by atoms with Crippen molar-refractivity contribution in [1.29, 1.82) is 0 Å². The summed E-state index contributed by atoms with van der Waals surface area (Å²) in [6.07, 6.45) is 0. The van der Waals surface area contributed by atoms with Gasteiger partial charge in [-0.05, 0) is 54.1 Å². The number of hydrogen-bond acceptors (Lipinski definition) is 3. The number of carbonyl (C=O) groups is 1. The SMILES string of the molecule is O=C(O)c1ccc(-c2c(C(F)(F)CO)n(-c3ccc(F)cc3)c3cccc(O)c23)cc1. The number of benzene rings is 3. The second-order valence-corrected chi connectivity index (χ2v) is 6.95. The van der Waals surface area contributed by atoms with Crippen LogP contribution in [0.3, 0.4) is 0 Å². The van der Waals surface area contributed by atoms with Crippen LogP contribution in [0.4, 0.5) is 13.2 Å². The number of phenols is 1. The standard InChI is InChI=1S/C23H16F3NO4/c24-15-8-10-16(11-9-15)27-17-2-1-3-18(29)20(17)19(21(27)23(25,26)12-28)13-4-6-14(7-5-13)22(30)31/h1-11,28-29H,12H2,(H,30,31). The number of carboxylic acids is 1. The van der Waals surface area contributed by atoms with Gasteiger partial charge in [0, 0.05) is 11.3 Å². The van der Waals surface area contributed by atoms with E-state index in [1.54, 1.807) is 0 Å². The fourth-order valence-corrected chi connectivity index (χ4v) is 3.66. The van der Waals surface area contributed by atoms with Crippen molar-refractivity contribution in [1.82, 2.24) is 4.57 Å². The molecule has 0 spiro atoms. The number of carboxylic acid groups (broad SMARTS) is 1. The first-order valence-corrected chi connectivity index (χ1v) is 9.20. The first-order valence-electron chi connectivity index (χ1n) is 9.20. The summed E-state index contributed by atoms with van der Waals surface area (Å²) in [7, 11) is 0. The van der Waals surface area contributed by atoms with Gasteiger partial charge in [-0.25, -0.2) is 9.18 Å². The molecular weight excluding hydrogens is 411 g/mol. The lowest BCUT2D eigenvalue weighted by molar-refractivity contribution is -0.0597. The van der Waals surface area contributed by atoms with Crippen molar-refractivity contribution in [2.75, 3.05) is 6.61 Å². The van der Waals surface area contributed by atoms with Gasteiger partial charge in [0.1, 0.15) is 23.9 Å². The summed E-state index contributed by atoms with van der Waals surface area (Å²) in [5.41, 5.74) is -0.0682. The number of alkyl halides is 2. The second kappa shape index (κ2) is 7.48. The van der Waals surface area contributed by atoms with Crippen LogP contribution in [0, 0.1) is 5.82 Å².